The Hall–Kier alpha value is -3.90. The van der Waals surface area contributed by atoms with Crippen molar-refractivity contribution in [3.05, 3.63) is 78.9 Å². The highest BCUT2D eigenvalue weighted by Crippen LogP contribution is 2.17. The molecule has 3 rings (SSSR count). The second kappa shape index (κ2) is 11.0. The van der Waals surface area contributed by atoms with Crippen molar-refractivity contribution in [3.63, 3.8) is 0 Å². The summed E-state index contributed by atoms with van der Waals surface area (Å²) in [6.45, 7) is 6.65. The number of aromatic nitrogens is 2. The van der Waals surface area contributed by atoms with Gasteiger partial charge in [0.15, 0.2) is 0 Å². The Morgan fingerprint density at radius 1 is 0.971 bits per heavy atom. The summed E-state index contributed by atoms with van der Waals surface area (Å²) in [6, 6.07) is 11.1. The molecule has 2 aromatic carbocycles. The van der Waals surface area contributed by atoms with E-state index in [0.717, 1.165) is 4.57 Å². The topological polar surface area (TPSA) is 126 Å². The van der Waals surface area contributed by atoms with Gasteiger partial charge in [0.2, 0.25) is 0 Å². The van der Waals surface area contributed by atoms with Gasteiger partial charge in [-0.3, -0.25) is 23.5 Å². The van der Waals surface area contributed by atoms with Crippen LogP contribution in [0.1, 0.15) is 47.1 Å². The number of benzene rings is 2. The van der Waals surface area contributed by atoms with Crippen LogP contribution in [-0.4, -0.2) is 34.0 Å². The molecule has 2 amide bonds. The molecule has 35 heavy (non-hydrogen) atoms. The number of amides is 2. The molecule has 0 aliphatic heterocycles. The van der Waals surface area contributed by atoms with E-state index in [1.165, 1.54) is 28.8 Å². The zero-order valence-corrected chi connectivity index (χ0v) is 20.5. The van der Waals surface area contributed by atoms with Crippen molar-refractivity contribution < 1.29 is 9.59 Å². The fraction of sp³-hybridized carbons (Fsp3) is 0.320. The predicted octanol–water partition coefficient (Wildman–Crippen LogP) is 2.52. The number of fused-ring (bicyclic) bond motifs is 1. The summed E-state index contributed by atoms with van der Waals surface area (Å²) in [5.74, 6) is -0.779. The van der Waals surface area contributed by atoms with E-state index in [0.29, 0.717) is 47.2 Å². The van der Waals surface area contributed by atoms with Crippen LogP contribution in [0.4, 0.5) is 0 Å². The Labute approximate surface area is 206 Å². The zero-order valence-electron chi connectivity index (χ0n) is 19.7. The minimum absolute atomic E-state index is 0.0835. The maximum absolute atomic E-state index is 12.8. The average Bonchev–Trinajstić information content (AvgIpc) is 2.86. The van der Waals surface area contributed by atoms with Crippen molar-refractivity contribution in [2.24, 2.45) is 5.92 Å². The van der Waals surface area contributed by atoms with Gasteiger partial charge in [0.25, 0.3) is 17.4 Å². The number of nitrogens with one attached hydrogen (secondary N) is 2. The molecule has 9 nitrogen and oxygen atoms in total. The van der Waals surface area contributed by atoms with E-state index in [-0.39, 0.29) is 35.0 Å². The summed E-state index contributed by atoms with van der Waals surface area (Å²) in [7, 11) is 0. The lowest BCUT2D eigenvalue weighted by Gasteiger charge is -2.15. The van der Waals surface area contributed by atoms with Crippen molar-refractivity contribution in [3.8, 4) is 6.07 Å². The Balaban J connectivity index is 1.66. The summed E-state index contributed by atoms with van der Waals surface area (Å²) >= 11 is 5.98. The SMILES string of the molecule is CCn1c(=O)c2cc(C(=O)NCC(C)CNC(=O)c3ccc(C#N)c(Cl)c3)ccc2n(CC)c1=O. The van der Waals surface area contributed by atoms with Crippen LogP contribution in [0.3, 0.4) is 0 Å². The summed E-state index contributed by atoms with van der Waals surface area (Å²) in [4.78, 5) is 50.3. The highest BCUT2D eigenvalue weighted by atomic mass is 35.5. The van der Waals surface area contributed by atoms with Gasteiger partial charge in [-0.25, -0.2) is 4.79 Å². The molecule has 0 saturated heterocycles. The molecule has 0 bridgehead atoms. The third-order valence-electron chi connectivity index (χ3n) is 5.69. The molecule has 0 spiro atoms. The Bertz CT molecular complexity index is 1450. The second-order valence-corrected chi connectivity index (χ2v) is 8.55. The maximum atomic E-state index is 12.8. The molecule has 182 valence electrons. The molecule has 0 aliphatic rings. The van der Waals surface area contributed by atoms with Gasteiger partial charge < -0.3 is 10.6 Å². The molecule has 0 radical (unpaired) electrons. The van der Waals surface area contributed by atoms with Crippen molar-refractivity contribution in [1.82, 2.24) is 19.8 Å². The largest absolute Gasteiger partial charge is 0.352 e. The molecule has 0 saturated carbocycles. The molecule has 0 aliphatic carbocycles. The van der Waals surface area contributed by atoms with Crippen LogP contribution in [0.15, 0.2) is 46.0 Å². The van der Waals surface area contributed by atoms with E-state index in [1.807, 2.05) is 19.9 Å². The van der Waals surface area contributed by atoms with E-state index in [9.17, 15) is 19.2 Å². The normalized spacial score (nSPS) is 11.6. The average molecular weight is 496 g/mol. The first-order valence-electron chi connectivity index (χ1n) is 11.2. The van der Waals surface area contributed by atoms with Crippen molar-refractivity contribution in [2.75, 3.05) is 13.1 Å². The van der Waals surface area contributed by atoms with Gasteiger partial charge in [-0.15, -0.1) is 0 Å². The molecule has 0 fully saturated rings. The predicted molar refractivity (Wildman–Crippen MR) is 134 cm³/mol. The van der Waals surface area contributed by atoms with E-state index in [2.05, 4.69) is 10.6 Å². The van der Waals surface area contributed by atoms with Gasteiger partial charge >= 0.3 is 5.69 Å². The third kappa shape index (κ3) is 5.44. The molecule has 10 heteroatoms. The molecule has 1 atom stereocenters. The minimum Gasteiger partial charge on any atom is -0.352 e. The number of nitrogens with zero attached hydrogens (tertiary/aromatic N) is 3. The lowest BCUT2D eigenvalue weighted by Crippen LogP contribution is -2.39. The van der Waals surface area contributed by atoms with Gasteiger partial charge in [-0.2, -0.15) is 5.26 Å². The number of carbonyl (C=O) groups excluding carboxylic acids is 2. The summed E-state index contributed by atoms with van der Waals surface area (Å²) in [5.41, 5.74) is 0.628. The first-order valence-corrected chi connectivity index (χ1v) is 11.6. The van der Waals surface area contributed by atoms with Crippen molar-refractivity contribution in [1.29, 1.82) is 5.26 Å². The molecule has 3 aromatic rings. The van der Waals surface area contributed by atoms with Crippen LogP contribution in [0.2, 0.25) is 5.02 Å². The first-order chi connectivity index (χ1) is 16.7. The van der Waals surface area contributed by atoms with Crippen LogP contribution < -0.4 is 21.9 Å². The number of rotatable bonds is 8. The number of halogens is 1. The van der Waals surface area contributed by atoms with Crippen molar-refractivity contribution in [2.45, 2.75) is 33.9 Å². The maximum Gasteiger partial charge on any atom is 0.331 e. The second-order valence-electron chi connectivity index (χ2n) is 8.14. The standard InChI is InChI=1S/C25H26ClN5O4/c1-4-30-21-9-8-16(10-19(21)24(34)31(5-2)25(30)35)22(32)28-13-15(3)14-29-23(33)17-6-7-18(12-27)20(26)11-17/h6-11,15H,4-5,13-14H2,1-3H3,(H,28,32)(H,29,33). The van der Waals surface area contributed by atoms with Gasteiger partial charge in [0.05, 0.1) is 21.5 Å². The first kappa shape index (κ1) is 25.7. The van der Waals surface area contributed by atoms with Gasteiger partial charge in [0, 0.05) is 37.3 Å². The van der Waals surface area contributed by atoms with E-state index >= 15 is 0 Å². The number of hydrogen-bond acceptors (Lipinski definition) is 5. The highest BCUT2D eigenvalue weighted by molar-refractivity contribution is 6.32. The fourth-order valence-corrected chi connectivity index (χ4v) is 3.93. The highest BCUT2D eigenvalue weighted by Gasteiger charge is 2.15. The lowest BCUT2D eigenvalue weighted by molar-refractivity contribution is 0.0941. The monoisotopic (exact) mass is 495 g/mol. The van der Waals surface area contributed by atoms with Gasteiger partial charge in [0.1, 0.15) is 6.07 Å². The number of nitriles is 1. The molecular weight excluding hydrogens is 470 g/mol. The van der Waals surface area contributed by atoms with E-state index in [1.54, 1.807) is 19.1 Å². The molecule has 1 unspecified atom stereocenters. The van der Waals surface area contributed by atoms with Gasteiger partial charge in [-0.05, 0) is 56.2 Å². The molecule has 2 N–H and O–H groups in total. The van der Waals surface area contributed by atoms with Crippen LogP contribution in [-0.2, 0) is 13.1 Å². The summed E-state index contributed by atoms with van der Waals surface area (Å²) in [5, 5.41) is 15.0. The summed E-state index contributed by atoms with van der Waals surface area (Å²) in [6.07, 6.45) is 0. The van der Waals surface area contributed by atoms with Crippen molar-refractivity contribution >= 4 is 34.3 Å². The Morgan fingerprint density at radius 2 is 1.54 bits per heavy atom. The number of aryl methyl sites for hydroxylation is 1. The minimum atomic E-state index is -0.425. The Kier molecular flexibility index (Phi) is 8.10. The van der Waals surface area contributed by atoms with Crippen LogP contribution >= 0.6 is 11.6 Å². The van der Waals surface area contributed by atoms with E-state index < -0.39 is 5.56 Å². The number of hydrogen-bond donors (Lipinski definition) is 2. The van der Waals surface area contributed by atoms with Crippen LogP contribution in [0.5, 0.6) is 0 Å². The van der Waals surface area contributed by atoms with E-state index in [4.69, 9.17) is 16.9 Å². The number of carbonyl (C=O) groups is 2. The zero-order chi connectivity index (χ0) is 25.7. The lowest BCUT2D eigenvalue weighted by atomic mass is 10.1. The van der Waals surface area contributed by atoms with Gasteiger partial charge in [-0.1, -0.05) is 18.5 Å². The van der Waals surface area contributed by atoms with Crippen LogP contribution in [0.25, 0.3) is 10.9 Å². The molecule has 1 heterocycles. The smallest absolute Gasteiger partial charge is 0.331 e. The van der Waals surface area contributed by atoms with Crippen LogP contribution in [0, 0.1) is 17.2 Å². The quantitative estimate of drug-likeness (QED) is 0.496. The summed E-state index contributed by atoms with van der Waals surface area (Å²) < 4.78 is 2.66. The fourth-order valence-electron chi connectivity index (χ4n) is 3.71. The Morgan fingerprint density at radius 3 is 2.09 bits per heavy atom. The molecule has 1 aromatic heterocycles. The molecular formula is C25H26ClN5O4. The third-order valence-corrected chi connectivity index (χ3v) is 6.01.